The molecule has 0 spiro atoms. The number of hydrogen-bond donors (Lipinski definition) is 1. The van der Waals surface area contributed by atoms with E-state index in [-0.39, 0.29) is 25.3 Å². The van der Waals surface area contributed by atoms with Crippen molar-refractivity contribution in [3.05, 3.63) is 78.2 Å². The van der Waals surface area contributed by atoms with Crippen LogP contribution in [0.3, 0.4) is 0 Å². The van der Waals surface area contributed by atoms with Crippen molar-refractivity contribution in [2.24, 2.45) is 0 Å². The first-order valence-corrected chi connectivity index (χ1v) is 11.7. The summed E-state index contributed by atoms with van der Waals surface area (Å²) in [6.45, 7) is 3.11. The minimum absolute atomic E-state index is 0.134. The molecule has 8 nitrogen and oxygen atoms in total. The van der Waals surface area contributed by atoms with Gasteiger partial charge in [0.1, 0.15) is 6.04 Å². The van der Waals surface area contributed by atoms with Crippen molar-refractivity contribution >= 4 is 23.3 Å². The number of alkyl halides is 1. The molecule has 0 bridgehead atoms. The molecular weight excluding hydrogens is 451 g/mol. The average molecular weight is 479 g/mol. The van der Waals surface area contributed by atoms with Gasteiger partial charge in [-0.05, 0) is 54.5 Å². The molecule has 9 heteroatoms. The topological polar surface area (TPSA) is 86.2 Å². The van der Waals surface area contributed by atoms with Crippen LogP contribution in [0.1, 0.15) is 18.4 Å². The summed E-state index contributed by atoms with van der Waals surface area (Å²) in [5.41, 5.74) is 2.88. The molecule has 0 saturated carbocycles. The summed E-state index contributed by atoms with van der Waals surface area (Å²) < 4.78 is 19.6. The van der Waals surface area contributed by atoms with Gasteiger partial charge < -0.3 is 19.6 Å². The molecule has 182 valence electrons. The number of nitrogens with zero attached hydrogens (tertiary/aromatic N) is 4. The van der Waals surface area contributed by atoms with Crippen molar-refractivity contribution in [2.45, 2.75) is 31.3 Å². The Morgan fingerprint density at radius 1 is 1.06 bits per heavy atom. The second-order valence-electron chi connectivity index (χ2n) is 8.95. The fourth-order valence-electron chi connectivity index (χ4n) is 4.73. The fourth-order valence-corrected chi connectivity index (χ4v) is 4.73. The van der Waals surface area contributed by atoms with Gasteiger partial charge in [-0.25, -0.2) is 14.1 Å². The van der Waals surface area contributed by atoms with Crippen molar-refractivity contribution in [1.82, 2.24) is 9.88 Å². The van der Waals surface area contributed by atoms with E-state index in [1.165, 1.54) is 15.9 Å². The number of anilines is 2. The number of amides is 3. The van der Waals surface area contributed by atoms with Crippen LogP contribution < -0.4 is 9.80 Å². The zero-order valence-corrected chi connectivity index (χ0v) is 19.2. The molecular formula is C26H27FN4O4. The Hall–Kier alpha value is -3.56. The van der Waals surface area contributed by atoms with Gasteiger partial charge in [0, 0.05) is 44.1 Å². The molecule has 2 aliphatic heterocycles. The molecule has 1 aromatic carbocycles. The largest absolute Gasteiger partial charge is 0.378 e. The summed E-state index contributed by atoms with van der Waals surface area (Å²) in [7, 11) is 0. The smallest absolute Gasteiger partial charge is 0.332 e. The number of morpholine rings is 1. The molecule has 2 fully saturated rings. The Balaban J connectivity index is 1.41. The third kappa shape index (κ3) is 4.96. The number of aromatic nitrogens is 1. The number of hydrogen-bond acceptors (Lipinski definition) is 6. The number of ether oxygens (including phenoxy) is 1. The maximum absolute atomic E-state index is 14.2. The minimum atomic E-state index is -2.46. The predicted octanol–water partition coefficient (Wildman–Crippen LogP) is 3.19. The Kier molecular flexibility index (Phi) is 6.36. The maximum atomic E-state index is 14.2. The van der Waals surface area contributed by atoms with Crippen LogP contribution in [0.15, 0.2) is 72.6 Å². The number of carbonyl (C=O) groups excluding carboxylic acids is 2. The molecule has 35 heavy (non-hydrogen) atoms. The van der Waals surface area contributed by atoms with Crippen LogP contribution in [-0.2, 0) is 16.1 Å². The molecule has 3 amide bonds. The van der Waals surface area contributed by atoms with Gasteiger partial charge in [-0.15, -0.1) is 0 Å². The van der Waals surface area contributed by atoms with Crippen LogP contribution in [0.4, 0.5) is 20.6 Å². The quantitative estimate of drug-likeness (QED) is 0.642. The molecule has 2 saturated heterocycles. The first-order chi connectivity index (χ1) is 16.9. The SMILES string of the molecule is O=C1C(CC2=CC=CC(O)(F)C2)N(Cc2ccncc2)C(=O)N1c1ccc(N2CCOCC2)cc1. The number of rotatable bonds is 6. The Morgan fingerprint density at radius 2 is 1.74 bits per heavy atom. The number of carbonyl (C=O) groups is 2. The number of benzene rings is 1. The van der Waals surface area contributed by atoms with Crippen LogP contribution in [-0.4, -0.2) is 65.1 Å². The van der Waals surface area contributed by atoms with E-state index in [0.29, 0.717) is 24.5 Å². The van der Waals surface area contributed by atoms with Gasteiger partial charge in [0.15, 0.2) is 0 Å². The monoisotopic (exact) mass is 478 g/mol. The zero-order valence-electron chi connectivity index (χ0n) is 19.2. The van der Waals surface area contributed by atoms with Crippen molar-refractivity contribution in [3.8, 4) is 0 Å². The number of imide groups is 1. The first kappa shape index (κ1) is 23.2. The number of aliphatic hydroxyl groups is 1. The van der Waals surface area contributed by atoms with E-state index in [1.807, 2.05) is 12.1 Å². The third-order valence-corrected chi connectivity index (χ3v) is 6.52. The Labute approximate surface area is 202 Å². The molecule has 1 aromatic heterocycles. The van der Waals surface area contributed by atoms with E-state index in [9.17, 15) is 19.1 Å². The molecule has 1 N–H and O–H groups in total. The molecule has 5 rings (SSSR count). The number of halogens is 1. The lowest BCUT2D eigenvalue weighted by atomic mass is 9.94. The summed E-state index contributed by atoms with van der Waals surface area (Å²) in [6.07, 6.45) is 7.37. The van der Waals surface area contributed by atoms with Gasteiger partial charge in [0.25, 0.3) is 5.91 Å². The number of allylic oxidation sites excluding steroid dienone is 2. The fraction of sp³-hybridized carbons (Fsp3) is 0.346. The molecule has 1 aliphatic carbocycles. The van der Waals surface area contributed by atoms with Crippen LogP contribution in [0.2, 0.25) is 0 Å². The second-order valence-corrected chi connectivity index (χ2v) is 8.95. The van der Waals surface area contributed by atoms with Gasteiger partial charge in [-0.1, -0.05) is 17.7 Å². The standard InChI is InChI=1S/C26H27FN4O4/c27-26(34)9-1-2-20(17-26)16-23-24(32)31(25(33)30(23)18-19-7-10-28-11-8-19)22-5-3-21(4-6-22)29-12-14-35-15-13-29/h1-11,23,34H,12-18H2. The maximum Gasteiger partial charge on any atom is 0.332 e. The highest BCUT2D eigenvalue weighted by Crippen LogP contribution is 2.34. The Morgan fingerprint density at radius 3 is 2.43 bits per heavy atom. The van der Waals surface area contributed by atoms with E-state index in [0.717, 1.165) is 30.4 Å². The van der Waals surface area contributed by atoms with E-state index in [4.69, 9.17) is 4.74 Å². The molecule has 3 heterocycles. The highest BCUT2D eigenvalue weighted by atomic mass is 19.2. The number of urea groups is 1. The summed E-state index contributed by atoms with van der Waals surface area (Å²) in [5.74, 6) is -2.83. The highest BCUT2D eigenvalue weighted by molar-refractivity contribution is 6.21. The van der Waals surface area contributed by atoms with Crippen molar-refractivity contribution in [3.63, 3.8) is 0 Å². The molecule has 2 unspecified atom stereocenters. The lowest BCUT2D eigenvalue weighted by molar-refractivity contribution is -0.119. The summed E-state index contributed by atoms with van der Waals surface area (Å²) in [5, 5.41) is 9.81. The van der Waals surface area contributed by atoms with Gasteiger partial charge in [-0.3, -0.25) is 9.78 Å². The molecule has 2 atom stereocenters. The van der Waals surface area contributed by atoms with Crippen LogP contribution >= 0.6 is 0 Å². The van der Waals surface area contributed by atoms with Gasteiger partial charge in [0.05, 0.1) is 18.9 Å². The third-order valence-electron chi connectivity index (χ3n) is 6.52. The molecule has 0 radical (unpaired) electrons. The molecule has 2 aromatic rings. The van der Waals surface area contributed by atoms with Crippen molar-refractivity contribution in [2.75, 3.05) is 36.1 Å². The predicted molar refractivity (Wildman–Crippen MR) is 128 cm³/mol. The average Bonchev–Trinajstić information content (AvgIpc) is 3.08. The lowest BCUT2D eigenvalue weighted by Gasteiger charge is -2.29. The van der Waals surface area contributed by atoms with Crippen LogP contribution in [0, 0.1) is 0 Å². The van der Waals surface area contributed by atoms with E-state index in [1.54, 1.807) is 42.7 Å². The minimum Gasteiger partial charge on any atom is -0.378 e. The van der Waals surface area contributed by atoms with Crippen molar-refractivity contribution < 1.29 is 23.8 Å². The van der Waals surface area contributed by atoms with E-state index in [2.05, 4.69) is 9.88 Å². The van der Waals surface area contributed by atoms with Gasteiger partial charge in [-0.2, -0.15) is 0 Å². The van der Waals surface area contributed by atoms with E-state index < -0.39 is 17.9 Å². The van der Waals surface area contributed by atoms with E-state index >= 15 is 0 Å². The second kappa shape index (κ2) is 9.59. The number of pyridine rings is 1. The Bertz CT molecular complexity index is 1140. The van der Waals surface area contributed by atoms with Crippen LogP contribution in [0.5, 0.6) is 0 Å². The summed E-state index contributed by atoms with van der Waals surface area (Å²) in [6, 6.07) is 9.68. The molecule has 3 aliphatic rings. The first-order valence-electron chi connectivity index (χ1n) is 11.7. The summed E-state index contributed by atoms with van der Waals surface area (Å²) in [4.78, 5) is 36.0. The van der Waals surface area contributed by atoms with Gasteiger partial charge >= 0.3 is 6.03 Å². The van der Waals surface area contributed by atoms with Gasteiger partial charge in [0.2, 0.25) is 5.85 Å². The van der Waals surface area contributed by atoms with Crippen LogP contribution in [0.25, 0.3) is 0 Å². The lowest BCUT2D eigenvalue weighted by Crippen LogP contribution is -2.36. The normalized spacial score (nSPS) is 24.8. The highest BCUT2D eigenvalue weighted by Gasteiger charge is 2.46. The summed E-state index contributed by atoms with van der Waals surface area (Å²) >= 11 is 0. The zero-order chi connectivity index (χ0) is 24.4. The van der Waals surface area contributed by atoms with Crippen molar-refractivity contribution in [1.29, 1.82) is 0 Å².